The molecule has 12 heteroatoms. The molecule has 0 amide bonds. The highest BCUT2D eigenvalue weighted by molar-refractivity contribution is 7.46. The number of nitrogens with two attached hydrogens (primary N) is 1. The van der Waals surface area contributed by atoms with E-state index in [-0.39, 0.29) is 43.3 Å². The molecule has 2 aliphatic rings. The minimum absolute atomic E-state index is 0.0475. The van der Waals surface area contributed by atoms with Crippen molar-refractivity contribution in [1.29, 1.82) is 0 Å². The van der Waals surface area contributed by atoms with Gasteiger partial charge in [-0.2, -0.15) is 0 Å². The number of cyclic esters (lactones) is 1. The van der Waals surface area contributed by atoms with Crippen LogP contribution >= 0.6 is 7.82 Å². The van der Waals surface area contributed by atoms with Gasteiger partial charge >= 0.3 is 19.8 Å². The molecule has 0 aromatic rings. The molecule has 1 fully saturated rings. The van der Waals surface area contributed by atoms with Crippen LogP contribution in [-0.2, 0) is 28.2 Å². The van der Waals surface area contributed by atoms with Crippen LogP contribution in [0.4, 0.5) is 0 Å². The summed E-state index contributed by atoms with van der Waals surface area (Å²) in [6.07, 6.45) is 17.4. The van der Waals surface area contributed by atoms with E-state index in [0.29, 0.717) is 18.8 Å². The number of aliphatic hydroxyl groups is 2. The molecule has 1 heterocycles. The van der Waals surface area contributed by atoms with E-state index >= 15 is 0 Å². The summed E-state index contributed by atoms with van der Waals surface area (Å²) in [5.41, 5.74) is 3.75. The number of phosphoric ester groups is 1. The SMILES string of the molecule is CCC1C=CC(=O)OC1/C=C/C(O)(CCN)C(CC(O)/C=C\C=C/C1CCCC(OC(=O)CCCCCC(C)C)C1)OP(=O)(O)O. The van der Waals surface area contributed by atoms with Crippen molar-refractivity contribution in [3.05, 3.63) is 48.6 Å². The fourth-order valence-corrected chi connectivity index (χ4v) is 6.49. The van der Waals surface area contributed by atoms with Crippen molar-refractivity contribution in [3.63, 3.8) is 0 Å². The molecule has 0 aromatic heterocycles. The van der Waals surface area contributed by atoms with Gasteiger partial charge in [-0.05, 0) is 69.4 Å². The van der Waals surface area contributed by atoms with Crippen molar-refractivity contribution in [3.8, 4) is 0 Å². The summed E-state index contributed by atoms with van der Waals surface area (Å²) in [6.45, 7) is 6.26. The van der Waals surface area contributed by atoms with E-state index in [4.69, 9.17) is 19.7 Å². The van der Waals surface area contributed by atoms with Gasteiger partial charge in [0, 0.05) is 24.8 Å². The number of ether oxygens (including phenoxy) is 2. The Morgan fingerprint density at radius 2 is 1.96 bits per heavy atom. The number of carbonyl (C=O) groups excluding carboxylic acids is 2. The second-order valence-electron chi connectivity index (χ2n) is 12.9. The molecule has 46 heavy (non-hydrogen) atoms. The van der Waals surface area contributed by atoms with Crippen LogP contribution in [0, 0.1) is 17.8 Å². The smallest absolute Gasteiger partial charge is 0.462 e. The molecule has 0 spiro atoms. The summed E-state index contributed by atoms with van der Waals surface area (Å²) in [7, 11) is -5.08. The number of esters is 2. The third-order valence-corrected chi connectivity index (χ3v) is 9.01. The number of rotatable bonds is 20. The lowest BCUT2D eigenvalue weighted by Crippen LogP contribution is -2.45. The predicted octanol–water partition coefficient (Wildman–Crippen LogP) is 5.18. The number of carbonyl (C=O) groups is 2. The third-order valence-electron chi connectivity index (χ3n) is 8.48. The van der Waals surface area contributed by atoms with Crippen molar-refractivity contribution in [2.45, 2.75) is 128 Å². The highest BCUT2D eigenvalue weighted by Gasteiger charge is 2.40. The number of aliphatic hydroxyl groups excluding tert-OH is 1. The Labute approximate surface area is 274 Å². The van der Waals surface area contributed by atoms with Crippen molar-refractivity contribution in [2.24, 2.45) is 23.5 Å². The Morgan fingerprint density at radius 3 is 2.63 bits per heavy atom. The fourth-order valence-electron chi connectivity index (χ4n) is 5.89. The lowest BCUT2D eigenvalue weighted by atomic mass is 9.86. The van der Waals surface area contributed by atoms with Crippen LogP contribution in [0.2, 0.25) is 0 Å². The maximum absolute atomic E-state index is 12.3. The van der Waals surface area contributed by atoms with Crippen LogP contribution in [0.3, 0.4) is 0 Å². The summed E-state index contributed by atoms with van der Waals surface area (Å²) in [5, 5.41) is 22.2. The molecule has 0 radical (unpaired) electrons. The maximum Gasteiger partial charge on any atom is 0.469 e. The van der Waals surface area contributed by atoms with E-state index in [2.05, 4.69) is 13.8 Å². The Bertz CT molecular complexity index is 1100. The van der Waals surface area contributed by atoms with Gasteiger partial charge in [-0.3, -0.25) is 9.32 Å². The van der Waals surface area contributed by atoms with Crippen LogP contribution in [0.1, 0.15) is 97.8 Å². The molecular weight excluding hydrogens is 613 g/mol. The molecule has 1 aliphatic carbocycles. The van der Waals surface area contributed by atoms with Crippen molar-refractivity contribution in [2.75, 3.05) is 6.54 Å². The predicted molar refractivity (Wildman–Crippen MR) is 176 cm³/mol. The molecule has 0 bridgehead atoms. The first-order valence-corrected chi connectivity index (χ1v) is 18.2. The average Bonchev–Trinajstić information content (AvgIpc) is 2.97. The highest BCUT2D eigenvalue weighted by atomic mass is 31.2. The van der Waals surface area contributed by atoms with Crippen LogP contribution < -0.4 is 5.73 Å². The summed E-state index contributed by atoms with van der Waals surface area (Å²) < 4.78 is 27.9. The second-order valence-corrected chi connectivity index (χ2v) is 14.1. The molecule has 0 aromatic carbocycles. The molecule has 262 valence electrons. The van der Waals surface area contributed by atoms with Gasteiger partial charge in [0.15, 0.2) is 0 Å². The Morgan fingerprint density at radius 1 is 1.20 bits per heavy atom. The minimum atomic E-state index is -5.08. The number of phosphoric acid groups is 1. The molecule has 0 saturated heterocycles. The monoisotopic (exact) mass is 669 g/mol. The van der Waals surface area contributed by atoms with Crippen LogP contribution in [0.5, 0.6) is 0 Å². The lowest BCUT2D eigenvalue weighted by molar-refractivity contribution is -0.151. The number of unbranched alkanes of at least 4 members (excludes halogenated alkanes) is 2. The largest absolute Gasteiger partial charge is 0.469 e. The van der Waals surface area contributed by atoms with Gasteiger partial charge in [-0.25, -0.2) is 9.36 Å². The summed E-state index contributed by atoms with van der Waals surface area (Å²) in [4.78, 5) is 43.3. The Kier molecular flexibility index (Phi) is 17.7. The average molecular weight is 670 g/mol. The molecule has 2 rings (SSSR count). The van der Waals surface area contributed by atoms with Gasteiger partial charge in [-0.15, -0.1) is 0 Å². The fraction of sp³-hybridized carbons (Fsp3) is 0.706. The first kappa shape index (κ1) is 40.1. The molecule has 1 aliphatic heterocycles. The molecule has 11 nitrogen and oxygen atoms in total. The van der Waals surface area contributed by atoms with Gasteiger partial charge in [0.05, 0.1) is 6.10 Å². The first-order valence-electron chi connectivity index (χ1n) is 16.7. The van der Waals surface area contributed by atoms with Crippen molar-refractivity contribution >= 4 is 19.8 Å². The van der Waals surface area contributed by atoms with Gasteiger partial charge in [-0.1, -0.05) is 76.5 Å². The van der Waals surface area contributed by atoms with Gasteiger partial charge < -0.3 is 35.2 Å². The van der Waals surface area contributed by atoms with Crippen LogP contribution in [-0.4, -0.2) is 68.5 Å². The molecular formula is C34H56NO10P. The van der Waals surface area contributed by atoms with Gasteiger partial charge in [0.25, 0.3) is 0 Å². The summed E-state index contributed by atoms with van der Waals surface area (Å²) >= 11 is 0. The van der Waals surface area contributed by atoms with E-state index < -0.39 is 37.7 Å². The zero-order valence-electron chi connectivity index (χ0n) is 27.6. The second kappa shape index (κ2) is 20.3. The quantitative estimate of drug-likeness (QED) is 0.0378. The zero-order valence-corrected chi connectivity index (χ0v) is 28.5. The molecule has 7 unspecified atom stereocenters. The minimum Gasteiger partial charge on any atom is -0.462 e. The van der Waals surface area contributed by atoms with Crippen molar-refractivity contribution in [1.82, 2.24) is 0 Å². The topological polar surface area (TPSA) is 186 Å². The number of allylic oxidation sites excluding steroid dienone is 3. The Hall–Kier alpha value is -2.11. The highest BCUT2D eigenvalue weighted by Crippen LogP contribution is 2.42. The first-order chi connectivity index (χ1) is 21.7. The van der Waals surface area contributed by atoms with Crippen LogP contribution in [0.15, 0.2) is 48.6 Å². The lowest BCUT2D eigenvalue weighted by Gasteiger charge is -2.35. The van der Waals surface area contributed by atoms with E-state index in [1.54, 1.807) is 18.2 Å². The molecule has 1 saturated carbocycles. The maximum atomic E-state index is 12.3. The number of hydrogen-bond acceptors (Lipinski definition) is 9. The van der Waals surface area contributed by atoms with Crippen LogP contribution in [0.25, 0.3) is 0 Å². The van der Waals surface area contributed by atoms with E-state index in [9.17, 15) is 34.2 Å². The van der Waals surface area contributed by atoms with E-state index in [1.165, 1.54) is 30.7 Å². The van der Waals surface area contributed by atoms with E-state index in [0.717, 1.165) is 44.9 Å². The van der Waals surface area contributed by atoms with Crippen molar-refractivity contribution < 1.29 is 48.2 Å². The van der Waals surface area contributed by atoms with E-state index in [1.807, 2.05) is 13.0 Å². The van der Waals surface area contributed by atoms with Gasteiger partial charge in [0.1, 0.15) is 23.9 Å². The normalized spacial score (nSPS) is 25.3. The summed E-state index contributed by atoms with van der Waals surface area (Å²) in [5.74, 6) is 0.0638. The molecule has 7 atom stereocenters. The third kappa shape index (κ3) is 15.7. The zero-order chi connectivity index (χ0) is 34.2. The summed E-state index contributed by atoms with van der Waals surface area (Å²) in [6, 6.07) is 0. The Balaban J connectivity index is 1.98. The molecule has 6 N–H and O–H groups in total. The van der Waals surface area contributed by atoms with Gasteiger partial charge in [0.2, 0.25) is 0 Å². The number of hydrogen-bond donors (Lipinski definition) is 5. The standard InChI is InChI=1S/C34H56NO10P/c1-4-27-17-18-33(38)44-30(27)19-20-34(39,21-22-35)31(45-46(40,41)42)24-28(36)14-9-8-12-26-13-10-15-29(23-26)43-32(37)16-7-5-6-11-25(2)3/h8-9,12,14,17-20,25-31,36,39H,4-7,10-11,13,15-16,21-24,35H2,1-3H3,(H2,40,41,42)/b12-8-,14-9-,20-19+.